The Kier molecular flexibility index (Phi) is 4.00. The third-order valence-electron chi connectivity index (χ3n) is 3.03. The monoisotopic (exact) mass is 321 g/mol. The van der Waals surface area contributed by atoms with E-state index in [1.807, 2.05) is 26.0 Å². The lowest BCUT2D eigenvalue weighted by Gasteiger charge is -2.10. The summed E-state index contributed by atoms with van der Waals surface area (Å²) in [6, 6.07) is 9.71. The number of hydrogen-bond donors (Lipinski definition) is 1. The molecule has 0 saturated carbocycles. The van der Waals surface area contributed by atoms with Crippen molar-refractivity contribution in [2.24, 2.45) is 0 Å². The highest BCUT2D eigenvalue weighted by atomic mass is 79.9. The number of nitrogens with one attached hydrogen (secondary N) is 1. The van der Waals surface area contributed by atoms with Gasteiger partial charge in [0.25, 0.3) is 5.91 Å². The van der Waals surface area contributed by atoms with E-state index in [2.05, 4.69) is 21.2 Å². The molecule has 0 aromatic heterocycles. The molecule has 98 valence electrons. The van der Waals surface area contributed by atoms with Crippen molar-refractivity contribution in [2.75, 3.05) is 5.32 Å². The maximum Gasteiger partial charge on any atom is 0.255 e. The van der Waals surface area contributed by atoms with E-state index >= 15 is 0 Å². The Labute approximate surface area is 119 Å². The van der Waals surface area contributed by atoms with Gasteiger partial charge in [-0.2, -0.15) is 0 Å². The summed E-state index contributed by atoms with van der Waals surface area (Å²) >= 11 is 3.28. The van der Waals surface area contributed by atoms with Crippen molar-refractivity contribution in [1.82, 2.24) is 0 Å². The van der Waals surface area contributed by atoms with Crippen LogP contribution in [0.15, 0.2) is 40.9 Å². The topological polar surface area (TPSA) is 29.1 Å². The Bertz CT molecular complexity index is 640. The molecule has 0 saturated heterocycles. The van der Waals surface area contributed by atoms with Gasteiger partial charge in [0.05, 0.1) is 5.69 Å². The summed E-state index contributed by atoms with van der Waals surface area (Å²) in [5.74, 6) is -0.632. The van der Waals surface area contributed by atoms with Crippen LogP contribution in [0, 0.1) is 19.7 Å². The van der Waals surface area contributed by atoms with Gasteiger partial charge in [-0.05, 0) is 65.2 Å². The fourth-order valence-electron chi connectivity index (χ4n) is 1.78. The van der Waals surface area contributed by atoms with Crippen molar-refractivity contribution >= 4 is 27.5 Å². The Balaban J connectivity index is 2.31. The number of rotatable bonds is 2. The fraction of sp³-hybridized carbons (Fsp3) is 0.133. The minimum absolute atomic E-state index is 0.243. The SMILES string of the molecule is Cc1cccc(C(=O)Nc2cc(F)ccc2Br)c1C. The van der Waals surface area contributed by atoms with E-state index in [-0.39, 0.29) is 11.7 Å². The van der Waals surface area contributed by atoms with E-state index < -0.39 is 0 Å². The van der Waals surface area contributed by atoms with Crippen LogP contribution in [-0.4, -0.2) is 5.91 Å². The molecule has 0 radical (unpaired) electrons. The largest absolute Gasteiger partial charge is 0.321 e. The van der Waals surface area contributed by atoms with Crippen LogP contribution >= 0.6 is 15.9 Å². The predicted molar refractivity (Wildman–Crippen MR) is 78.0 cm³/mol. The smallest absolute Gasteiger partial charge is 0.255 e. The Morgan fingerprint density at radius 3 is 2.68 bits per heavy atom. The zero-order valence-corrected chi connectivity index (χ0v) is 12.2. The number of halogens is 2. The van der Waals surface area contributed by atoms with E-state index in [9.17, 15) is 9.18 Å². The minimum Gasteiger partial charge on any atom is -0.321 e. The summed E-state index contributed by atoms with van der Waals surface area (Å²) in [5.41, 5.74) is 2.99. The molecule has 2 nitrogen and oxygen atoms in total. The zero-order chi connectivity index (χ0) is 14.0. The first-order valence-corrected chi connectivity index (χ1v) is 6.61. The molecule has 0 atom stereocenters. The number of anilines is 1. The molecule has 0 aliphatic heterocycles. The highest BCUT2D eigenvalue weighted by molar-refractivity contribution is 9.10. The summed E-state index contributed by atoms with van der Waals surface area (Å²) in [6.07, 6.45) is 0. The Morgan fingerprint density at radius 2 is 1.95 bits per heavy atom. The number of hydrogen-bond acceptors (Lipinski definition) is 1. The number of aryl methyl sites for hydroxylation is 1. The molecule has 2 rings (SSSR count). The van der Waals surface area contributed by atoms with Gasteiger partial charge in [-0.3, -0.25) is 4.79 Å². The normalized spacial score (nSPS) is 10.3. The van der Waals surface area contributed by atoms with E-state index in [0.29, 0.717) is 15.7 Å². The summed E-state index contributed by atoms with van der Waals surface area (Å²) < 4.78 is 13.8. The van der Waals surface area contributed by atoms with Gasteiger partial charge in [0.15, 0.2) is 0 Å². The standard InChI is InChI=1S/C15H13BrFNO/c1-9-4-3-5-12(10(9)2)15(19)18-14-8-11(17)6-7-13(14)16/h3-8H,1-2H3,(H,18,19). The van der Waals surface area contributed by atoms with Crippen molar-refractivity contribution in [3.63, 3.8) is 0 Å². The summed E-state index contributed by atoms with van der Waals surface area (Å²) in [6.45, 7) is 3.84. The molecular formula is C15H13BrFNO. The molecule has 0 heterocycles. The van der Waals surface area contributed by atoms with Gasteiger partial charge in [-0.15, -0.1) is 0 Å². The van der Waals surface area contributed by atoms with Gasteiger partial charge in [0, 0.05) is 10.0 Å². The Hall–Kier alpha value is -1.68. The molecule has 0 spiro atoms. The van der Waals surface area contributed by atoms with Crippen LogP contribution in [0.1, 0.15) is 21.5 Å². The zero-order valence-electron chi connectivity index (χ0n) is 10.6. The predicted octanol–water partition coefficient (Wildman–Crippen LogP) is 4.46. The molecule has 2 aromatic rings. The quantitative estimate of drug-likeness (QED) is 0.869. The molecular weight excluding hydrogens is 309 g/mol. The van der Waals surface area contributed by atoms with Gasteiger partial charge in [0.1, 0.15) is 5.82 Å². The van der Waals surface area contributed by atoms with Gasteiger partial charge in [-0.1, -0.05) is 12.1 Å². The van der Waals surface area contributed by atoms with Crippen LogP contribution < -0.4 is 5.32 Å². The molecule has 0 aliphatic carbocycles. The van der Waals surface area contributed by atoms with E-state index in [1.165, 1.54) is 12.1 Å². The van der Waals surface area contributed by atoms with Crippen LogP contribution in [0.25, 0.3) is 0 Å². The number of amides is 1. The number of carbonyl (C=O) groups excluding carboxylic acids is 1. The molecule has 0 fully saturated rings. The molecule has 4 heteroatoms. The molecule has 1 N–H and O–H groups in total. The van der Waals surface area contributed by atoms with Gasteiger partial charge in [0.2, 0.25) is 0 Å². The molecule has 1 amide bonds. The third-order valence-corrected chi connectivity index (χ3v) is 3.72. The average Bonchev–Trinajstić information content (AvgIpc) is 2.37. The van der Waals surface area contributed by atoms with Crippen LogP contribution in [-0.2, 0) is 0 Å². The van der Waals surface area contributed by atoms with Crippen molar-refractivity contribution in [2.45, 2.75) is 13.8 Å². The second-order valence-corrected chi connectivity index (χ2v) is 5.18. The average molecular weight is 322 g/mol. The lowest BCUT2D eigenvalue weighted by molar-refractivity contribution is 0.102. The van der Waals surface area contributed by atoms with Gasteiger partial charge in [-0.25, -0.2) is 4.39 Å². The van der Waals surface area contributed by atoms with E-state index in [0.717, 1.165) is 11.1 Å². The minimum atomic E-state index is -0.389. The summed E-state index contributed by atoms with van der Waals surface area (Å²) in [4.78, 5) is 12.2. The maximum atomic E-state index is 13.2. The van der Waals surface area contributed by atoms with Gasteiger partial charge < -0.3 is 5.32 Å². The molecule has 0 aliphatic rings. The lowest BCUT2D eigenvalue weighted by Crippen LogP contribution is -2.14. The van der Waals surface area contributed by atoms with Crippen LogP contribution in [0.4, 0.5) is 10.1 Å². The van der Waals surface area contributed by atoms with Crippen LogP contribution in [0.2, 0.25) is 0 Å². The van der Waals surface area contributed by atoms with E-state index in [1.54, 1.807) is 12.1 Å². The molecule has 2 aromatic carbocycles. The number of carbonyl (C=O) groups is 1. The summed E-state index contributed by atoms with van der Waals surface area (Å²) in [5, 5.41) is 2.71. The third kappa shape index (κ3) is 3.01. The first-order valence-electron chi connectivity index (χ1n) is 5.81. The van der Waals surface area contributed by atoms with Crippen molar-refractivity contribution in [3.05, 3.63) is 63.4 Å². The van der Waals surface area contributed by atoms with Crippen LogP contribution in [0.3, 0.4) is 0 Å². The lowest BCUT2D eigenvalue weighted by atomic mass is 10.0. The molecule has 0 unspecified atom stereocenters. The van der Waals surface area contributed by atoms with Crippen molar-refractivity contribution < 1.29 is 9.18 Å². The molecule has 0 bridgehead atoms. The van der Waals surface area contributed by atoms with Gasteiger partial charge >= 0.3 is 0 Å². The molecule has 19 heavy (non-hydrogen) atoms. The highest BCUT2D eigenvalue weighted by Gasteiger charge is 2.12. The number of benzene rings is 2. The first kappa shape index (κ1) is 13.7. The van der Waals surface area contributed by atoms with Crippen LogP contribution in [0.5, 0.6) is 0 Å². The second-order valence-electron chi connectivity index (χ2n) is 4.33. The summed E-state index contributed by atoms with van der Waals surface area (Å²) in [7, 11) is 0. The highest BCUT2D eigenvalue weighted by Crippen LogP contribution is 2.24. The van der Waals surface area contributed by atoms with Crippen molar-refractivity contribution in [3.8, 4) is 0 Å². The van der Waals surface area contributed by atoms with Crippen molar-refractivity contribution in [1.29, 1.82) is 0 Å². The maximum absolute atomic E-state index is 13.2. The first-order chi connectivity index (χ1) is 8.99. The fourth-order valence-corrected chi connectivity index (χ4v) is 2.13. The Morgan fingerprint density at radius 1 is 1.21 bits per heavy atom. The van der Waals surface area contributed by atoms with E-state index in [4.69, 9.17) is 0 Å². The second kappa shape index (κ2) is 5.53.